The highest BCUT2D eigenvalue weighted by molar-refractivity contribution is 4.74. The fourth-order valence-corrected chi connectivity index (χ4v) is 2.27. The van der Waals surface area contributed by atoms with Crippen LogP contribution in [0, 0.1) is 11.8 Å². The molecule has 1 atom stereocenters. The lowest BCUT2D eigenvalue weighted by molar-refractivity contribution is 0.299. The summed E-state index contributed by atoms with van der Waals surface area (Å²) in [4.78, 5) is 0. The van der Waals surface area contributed by atoms with E-state index in [2.05, 4.69) is 10.6 Å². The van der Waals surface area contributed by atoms with Gasteiger partial charge in [-0.15, -0.1) is 0 Å². The zero-order valence-electron chi connectivity index (χ0n) is 8.52. The van der Waals surface area contributed by atoms with Gasteiger partial charge < -0.3 is 10.6 Å². The van der Waals surface area contributed by atoms with Gasteiger partial charge in [-0.25, -0.2) is 0 Å². The molecule has 2 nitrogen and oxygen atoms in total. The molecule has 13 heavy (non-hydrogen) atoms. The van der Waals surface area contributed by atoms with Crippen molar-refractivity contribution in [3.05, 3.63) is 0 Å². The molecule has 0 aromatic rings. The van der Waals surface area contributed by atoms with Crippen LogP contribution in [0.2, 0.25) is 0 Å². The summed E-state index contributed by atoms with van der Waals surface area (Å²) in [5, 5.41) is 7.00. The van der Waals surface area contributed by atoms with Crippen molar-refractivity contribution in [2.24, 2.45) is 11.8 Å². The number of hydrogen-bond donors (Lipinski definition) is 2. The third-order valence-corrected chi connectivity index (χ3v) is 3.55. The fraction of sp³-hybridized carbons (Fsp3) is 1.00. The summed E-state index contributed by atoms with van der Waals surface area (Å²) in [6.07, 6.45) is 7.18. The molecule has 1 saturated heterocycles. The first kappa shape index (κ1) is 9.47. The Kier molecular flexibility index (Phi) is 3.62. The van der Waals surface area contributed by atoms with Crippen molar-refractivity contribution in [3.8, 4) is 0 Å². The van der Waals surface area contributed by atoms with Crippen molar-refractivity contribution < 1.29 is 0 Å². The van der Waals surface area contributed by atoms with Gasteiger partial charge in [0.25, 0.3) is 0 Å². The second kappa shape index (κ2) is 4.97. The summed E-state index contributed by atoms with van der Waals surface area (Å²) in [5.74, 6) is 1.97. The molecule has 0 radical (unpaired) electrons. The lowest BCUT2D eigenvalue weighted by Crippen LogP contribution is -2.29. The van der Waals surface area contributed by atoms with Crippen LogP contribution in [0.25, 0.3) is 0 Å². The molecular formula is C11H22N2. The molecule has 1 aliphatic carbocycles. The fourth-order valence-electron chi connectivity index (χ4n) is 2.27. The van der Waals surface area contributed by atoms with Crippen molar-refractivity contribution in [1.29, 1.82) is 0 Å². The van der Waals surface area contributed by atoms with Gasteiger partial charge >= 0.3 is 0 Å². The normalized spacial score (nSPS) is 29.1. The molecule has 0 bridgehead atoms. The lowest BCUT2D eigenvalue weighted by atomic mass is 9.85. The Balaban J connectivity index is 1.43. The first-order valence-corrected chi connectivity index (χ1v) is 5.86. The Bertz CT molecular complexity index is 137. The van der Waals surface area contributed by atoms with Crippen molar-refractivity contribution in [1.82, 2.24) is 10.6 Å². The molecule has 0 aromatic heterocycles. The lowest BCUT2D eigenvalue weighted by Gasteiger charge is -2.25. The summed E-state index contributed by atoms with van der Waals surface area (Å²) < 4.78 is 0. The largest absolute Gasteiger partial charge is 0.316 e. The molecular weight excluding hydrogens is 160 g/mol. The second-order valence-electron chi connectivity index (χ2n) is 4.65. The maximum Gasteiger partial charge on any atom is -0.00196 e. The van der Waals surface area contributed by atoms with Gasteiger partial charge in [-0.2, -0.15) is 0 Å². The smallest absolute Gasteiger partial charge is 0.00196 e. The van der Waals surface area contributed by atoms with Gasteiger partial charge in [0.05, 0.1) is 0 Å². The molecule has 2 fully saturated rings. The van der Waals surface area contributed by atoms with Crippen molar-refractivity contribution >= 4 is 0 Å². The minimum Gasteiger partial charge on any atom is -0.316 e. The summed E-state index contributed by atoms with van der Waals surface area (Å²) >= 11 is 0. The molecule has 1 aliphatic heterocycles. The summed E-state index contributed by atoms with van der Waals surface area (Å²) in [7, 11) is 0. The van der Waals surface area contributed by atoms with Crippen LogP contribution in [-0.2, 0) is 0 Å². The molecule has 0 amide bonds. The van der Waals surface area contributed by atoms with E-state index in [1.165, 1.54) is 58.3 Å². The summed E-state index contributed by atoms with van der Waals surface area (Å²) in [6.45, 7) is 5.02. The standard InChI is InChI=1S/C11H22N2/c1-2-10(3-1)8-12-6-4-11-5-7-13-9-11/h10-13H,1-9H2. The Labute approximate surface area is 81.5 Å². The predicted octanol–water partition coefficient (Wildman–Crippen LogP) is 1.38. The van der Waals surface area contributed by atoms with E-state index in [4.69, 9.17) is 0 Å². The molecule has 0 aromatic carbocycles. The molecule has 1 unspecified atom stereocenters. The molecule has 76 valence electrons. The van der Waals surface area contributed by atoms with E-state index in [-0.39, 0.29) is 0 Å². The van der Waals surface area contributed by atoms with E-state index in [1.807, 2.05) is 0 Å². The van der Waals surface area contributed by atoms with Gasteiger partial charge in [-0.05, 0) is 63.7 Å². The van der Waals surface area contributed by atoms with E-state index in [0.717, 1.165) is 11.8 Å². The monoisotopic (exact) mass is 182 g/mol. The third kappa shape index (κ3) is 2.96. The Morgan fingerprint density at radius 2 is 2.08 bits per heavy atom. The maximum absolute atomic E-state index is 3.59. The minimum atomic E-state index is 0.953. The first-order valence-electron chi connectivity index (χ1n) is 5.86. The van der Waals surface area contributed by atoms with Crippen LogP contribution < -0.4 is 10.6 Å². The summed E-state index contributed by atoms with van der Waals surface area (Å²) in [6, 6.07) is 0. The van der Waals surface area contributed by atoms with Gasteiger partial charge in [0.1, 0.15) is 0 Å². The highest BCUT2D eigenvalue weighted by Gasteiger charge is 2.17. The summed E-state index contributed by atoms with van der Waals surface area (Å²) in [5.41, 5.74) is 0. The van der Waals surface area contributed by atoms with E-state index in [9.17, 15) is 0 Å². The van der Waals surface area contributed by atoms with Gasteiger partial charge in [-0.3, -0.25) is 0 Å². The molecule has 0 spiro atoms. The van der Waals surface area contributed by atoms with Crippen molar-refractivity contribution in [3.63, 3.8) is 0 Å². The molecule has 2 aliphatic rings. The van der Waals surface area contributed by atoms with Crippen molar-refractivity contribution in [2.75, 3.05) is 26.2 Å². The second-order valence-corrected chi connectivity index (χ2v) is 4.65. The minimum absolute atomic E-state index is 0.953. The van der Waals surface area contributed by atoms with E-state index < -0.39 is 0 Å². The highest BCUT2D eigenvalue weighted by atomic mass is 14.9. The Hall–Kier alpha value is -0.0800. The molecule has 1 heterocycles. The van der Waals surface area contributed by atoms with Crippen LogP contribution in [0.15, 0.2) is 0 Å². The quantitative estimate of drug-likeness (QED) is 0.628. The van der Waals surface area contributed by atoms with E-state index >= 15 is 0 Å². The molecule has 1 saturated carbocycles. The first-order chi connectivity index (χ1) is 6.45. The molecule has 2 heteroatoms. The Morgan fingerprint density at radius 3 is 2.69 bits per heavy atom. The van der Waals surface area contributed by atoms with E-state index in [1.54, 1.807) is 0 Å². The van der Waals surface area contributed by atoms with Crippen LogP contribution in [0.1, 0.15) is 32.1 Å². The molecule has 2 rings (SSSR count). The number of nitrogens with one attached hydrogen (secondary N) is 2. The molecule has 2 N–H and O–H groups in total. The van der Waals surface area contributed by atoms with Crippen molar-refractivity contribution in [2.45, 2.75) is 32.1 Å². The zero-order valence-corrected chi connectivity index (χ0v) is 8.52. The van der Waals surface area contributed by atoms with Crippen LogP contribution in [0.4, 0.5) is 0 Å². The van der Waals surface area contributed by atoms with Gasteiger partial charge in [0.15, 0.2) is 0 Å². The SMILES string of the molecule is C1CC(CNCCC2CCNC2)C1. The van der Waals surface area contributed by atoms with E-state index in [0.29, 0.717) is 0 Å². The number of rotatable bonds is 5. The number of hydrogen-bond acceptors (Lipinski definition) is 2. The predicted molar refractivity (Wildman–Crippen MR) is 55.8 cm³/mol. The Morgan fingerprint density at radius 1 is 1.15 bits per heavy atom. The average molecular weight is 182 g/mol. The van der Waals surface area contributed by atoms with Crippen LogP contribution >= 0.6 is 0 Å². The average Bonchev–Trinajstić information content (AvgIpc) is 2.53. The van der Waals surface area contributed by atoms with Gasteiger partial charge in [-0.1, -0.05) is 6.42 Å². The van der Waals surface area contributed by atoms with Crippen LogP contribution in [-0.4, -0.2) is 26.2 Å². The zero-order chi connectivity index (χ0) is 8.93. The van der Waals surface area contributed by atoms with Crippen LogP contribution in [0.3, 0.4) is 0 Å². The highest BCUT2D eigenvalue weighted by Crippen LogP contribution is 2.25. The van der Waals surface area contributed by atoms with Gasteiger partial charge in [0.2, 0.25) is 0 Å². The van der Waals surface area contributed by atoms with Gasteiger partial charge in [0, 0.05) is 0 Å². The maximum atomic E-state index is 3.59. The third-order valence-electron chi connectivity index (χ3n) is 3.55. The van der Waals surface area contributed by atoms with Crippen LogP contribution in [0.5, 0.6) is 0 Å². The topological polar surface area (TPSA) is 24.1 Å².